The highest BCUT2D eigenvalue weighted by atomic mass is 19.1. The van der Waals surface area contributed by atoms with Gasteiger partial charge < -0.3 is 9.73 Å². The number of carbonyl (C=O) groups is 1. The molecule has 0 aliphatic rings. The Labute approximate surface area is 120 Å². The third-order valence-electron chi connectivity index (χ3n) is 2.99. The third kappa shape index (κ3) is 2.91. The molecular formula is C16H13FN2O2. The number of hydrogen-bond donors (Lipinski definition) is 1. The van der Waals surface area contributed by atoms with Gasteiger partial charge in [0, 0.05) is 12.1 Å². The van der Waals surface area contributed by atoms with E-state index in [4.69, 9.17) is 4.42 Å². The number of hydrogen-bond acceptors (Lipinski definition) is 4. The van der Waals surface area contributed by atoms with Crippen LogP contribution in [0, 0.1) is 5.82 Å². The van der Waals surface area contributed by atoms with Crippen LogP contribution in [0.3, 0.4) is 0 Å². The lowest BCUT2D eigenvalue weighted by Gasteiger charge is -1.99. The quantitative estimate of drug-likeness (QED) is 0.790. The van der Waals surface area contributed by atoms with Crippen molar-refractivity contribution in [3.8, 4) is 0 Å². The molecule has 0 atom stereocenters. The van der Waals surface area contributed by atoms with E-state index in [1.807, 2.05) is 30.3 Å². The summed E-state index contributed by atoms with van der Waals surface area (Å²) in [6.07, 6.45) is 0.176. The molecule has 3 rings (SSSR count). The number of carbonyl (C=O) groups excluding carboxylic acids is 1. The van der Waals surface area contributed by atoms with E-state index in [1.165, 1.54) is 13.0 Å². The van der Waals surface area contributed by atoms with E-state index < -0.39 is 5.82 Å². The average Bonchev–Trinajstić information content (AvgIpc) is 2.82. The van der Waals surface area contributed by atoms with Crippen molar-refractivity contribution < 1.29 is 13.6 Å². The van der Waals surface area contributed by atoms with Gasteiger partial charge in [0.05, 0.1) is 0 Å². The normalized spacial score (nSPS) is 10.8. The van der Waals surface area contributed by atoms with Gasteiger partial charge in [-0.1, -0.05) is 18.2 Å². The number of Topliss-reactive ketones (excluding diaryl/α,β-unsaturated/α-hetero) is 1. The Morgan fingerprint density at radius 1 is 1.29 bits per heavy atom. The number of anilines is 2. The van der Waals surface area contributed by atoms with E-state index >= 15 is 0 Å². The number of nitrogens with one attached hydrogen (secondary N) is 1. The van der Waals surface area contributed by atoms with Crippen molar-refractivity contribution in [1.82, 2.24) is 4.98 Å². The predicted molar refractivity (Wildman–Crippen MR) is 78.1 cm³/mol. The summed E-state index contributed by atoms with van der Waals surface area (Å²) in [7, 11) is 0. The molecule has 1 aromatic heterocycles. The molecule has 0 bridgehead atoms. The number of nitrogens with zero attached hydrogens (tertiary/aromatic N) is 1. The monoisotopic (exact) mass is 284 g/mol. The van der Waals surface area contributed by atoms with E-state index in [-0.39, 0.29) is 23.7 Å². The Bertz CT molecular complexity index is 797. The SMILES string of the molecule is CC(=O)Cc1cc(F)c2nc(Nc3ccccc3)oc2c1. The van der Waals surface area contributed by atoms with Gasteiger partial charge in [-0.25, -0.2) is 4.39 Å². The van der Waals surface area contributed by atoms with Crippen LogP contribution in [0.4, 0.5) is 16.1 Å². The van der Waals surface area contributed by atoms with E-state index in [9.17, 15) is 9.18 Å². The van der Waals surface area contributed by atoms with Crippen LogP contribution in [0.2, 0.25) is 0 Å². The van der Waals surface area contributed by atoms with Crippen LogP contribution in [0.1, 0.15) is 12.5 Å². The molecule has 0 aliphatic carbocycles. The lowest BCUT2D eigenvalue weighted by atomic mass is 10.1. The van der Waals surface area contributed by atoms with Gasteiger partial charge in [0.25, 0.3) is 6.01 Å². The van der Waals surface area contributed by atoms with Gasteiger partial charge in [0.15, 0.2) is 11.4 Å². The minimum atomic E-state index is -0.492. The molecule has 2 aromatic carbocycles. The average molecular weight is 284 g/mol. The molecule has 21 heavy (non-hydrogen) atoms. The molecule has 5 heteroatoms. The molecule has 0 fully saturated rings. The first-order valence-electron chi connectivity index (χ1n) is 6.52. The maximum atomic E-state index is 14.0. The number of oxazole rings is 1. The van der Waals surface area contributed by atoms with Crippen LogP contribution in [-0.2, 0) is 11.2 Å². The minimum absolute atomic E-state index is 0.0316. The molecule has 0 saturated heterocycles. The van der Waals surface area contributed by atoms with Crippen LogP contribution in [0.15, 0.2) is 46.9 Å². The summed E-state index contributed by atoms with van der Waals surface area (Å²) >= 11 is 0. The van der Waals surface area contributed by atoms with E-state index in [2.05, 4.69) is 10.3 Å². The van der Waals surface area contributed by atoms with Crippen LogP contribution < -0.4 is 5.32 Å². The zero-order chi connectivity index (χ0) is 14.8. The fourth-order valence-corrected chi connectivity index (χ4v) is 2.13. The van der Waals surface area contributed by atoms with Crippen LogP contribution in [0.5, 0.6) is 0 Å². The summed E-state index contributed by atoms with van der Waals surface area (Å²) in [6.45, 7) is 1.46. The standard InChI is InChI=1S/C16H13FN2O2/c1-10(20)7-11-8-13(17)15-14(9-11)21-16(19-15)18-12-5-3-2-4-6-12/h2-6,8-9H,7H2,1H3,(H,18,19). The largest absolute Gasteiger partial charge is 0.423 e. The first-order chi connectivity index (χ1) is 10.1. The third-order valence-corrected chi connectivity index (χ3v) is 2.99. The number of halogens is 1. The van der Waals surface area contributed by atoms with Crippen molar-refractivity contribution in [2.24, 2.45) is 0 Å². The Hall–Kier alpha value is -2.69. The Balaban J connectivity index is 1.96. The fraction of sp³-hybridized carbons (Fsp3) is 0.125. The highest BCUT2D eigenvalue weighted by Crippen LogP contribution is 2.25. The van der Waals surface area contributed by atoms with Crippen molar-refractivity contribution in [2.75, 3.05) is 5.32 Å². The van der Waals surface area contributed by atoms with Gasteiger partial charge in [0.2, 0.25) is 0 Å². The summed E-state index contributed by atoms with van der Waals surface area (Å²) in [6, 6.07) is 12.5. The summed E-state index contributed by atoms with van der Waals surface area (Å²) in [5.74, 6) is -0.524. The molecule has 0 amide bonds. The zero-order valence-electron chi connectivity index (χ0n) is 11.4. The lowest BCUT2D eigenvalue weighted by molar-refractivity contribution is -0.116. The van der Waals surface area contributed by atoms with Gasteiger partial charge in [0.1, 0.15) is 11.3 Å². The van der Waals surface area contributed by atoms with Crippen molar-refractivity contribution in [2.45, 2.75) is 13.3 Å². The molecule has 0 aliphatic heterocycles. The molecule has 1 heterocycles. The van der Waals surface area contributed by atoms with Crippen LogP contribution in [0.25, 0.3) is 11.1 Å². The molecule has 1 N–H and O–H groups in total. The highest BCUT2D eigenvalue weighted by molar-refractivity contribution is 5.81. The van der Waals surface area contributed by atoms with E-state index in [1.54, 1.807) is 6.07 Å². The molecule has 106 valence electrons. The number of ketones is 1. The summed E-state index contributed by atoms with van der Waals surface area (Å²) in [5.41, 5.74) is 1.86. The molecule has 0 unspecified atom stereocenters. The van der Waals surface area contributed by atoms with E-state index in [0.717, 1.165) is 5.69 Å². The maximum Gasteiger partial charge on any atom is 0.300 e. The molecule has 0 radical (unpaired) electrons. The van der Waals surface area contributed by atoms with Crippen molar-refractivity contribution in [3.05, 3.63) is 53.8 Å². The van der Waals surface area contributed by atoms with Gasteiger partial charge in [-0.3, -0.25) is 4.79 Å². The topological polar surface area (TPSA) is 55.1 Å². The van der Waals surface area contributed by atoms with Crippen molar-refractivity contribution >= 4 is 28.6 Å². The Morgan fingerprint density at radius 3 is 2.76 bits per heavy atom. The molecule has 4 nitrogen and oxygen atoms in total. The van der Waals surface area contributed by atoms with Crippen molar-refractivity contribution in [3.63, 3.8) is 0 Å². The molecule has 0 spiro atoms. The number of fused-ring (bicyclic) bond motifs is 1. The Kier molecular flexibility index (Phi) is 3.39. The molecule has 0 saturated carbocycles. The second kappa shape index (κ2) is 5.36. The van der Waals surface area contributed by atoms with Crippen LogP contribution in [-0.4, -0.2) is 10.8 Å². The van der Waals surface area contributed by atoms with Crippen LogP contribution >= 0.6 is 0 Å². The highest BCUT2D eigenvalue weighted by Gasteiger charge is 2.13. The summed E-state index contributed by atoms with van der Waals surface area (Å²) in [4.78, 5) is 15.2. The summed E-state index contributed by atoms with van der Waals surface area (Å²) < 4.78 is 19.5. The van der Waals surface area contributed by atoms with Gasteiger partial charge in [-0.2, -0.15) is 4.98 Å². The van der Waals surface area contributed by atoms with Crippen molar-refractivity contribution in [1.29, 1.82) is 0 Å². The number of benzene rings is 2. The second-order valence-corrected chi connectivity index (χ2v) is 4.81. The fourth-order valence-electron chi connectivity index (χ4n) is 2.13. The summed E-state index contributed by atoms with van der Waals surface area (Å²) in [5, 5.41) is 2.97. The minimum Gasteiger partial charge on any atom is -0.423 e. The second-order valence-electron chi connectivity index (χ2n) is 4.81. The number of rotatable bonds is 4. The first kappa shape index (κ1) is 13.3. The smallest absolute Gasteiger partial charge is 0.300 e. The molecule has 3 aromatic rings. The lowest BCUT2D eigenvalue weighted by Crippen LogP contribution is -1.96. The first-order valence-corrected chi connectivity index (χ1v) is 6.52. The van der Waals surface area contributed by atoms with E-state index in [0.29, 0.717) is 11.1 Å². The zero-order valence-corrected chi connectivity index (χ0v) is 11.4. The maximum absolute atomic E-state index is 14.0. The van der Waals surface area contributed by atoms with Gasteiger partial charge in [-0.15, -0.1) is 0 Å². The Morgan fingerprint density at radius 2 is 2.05 bits per heavy atom. The molecular weight excluding hydrogens is 271 g/mol. The van der Waals surface area contributed by atoms with Gasteiger partial charge >= 0.3 is 0 Å². The van der Waals surface area contributed by atoms with Gasteiger partial charge in [-0.05, 0) is 36.8 Å². The number of aromatic nitrogens is 1. The number of para-hydroxylation sites is 1. The predicted octanol–water partition coefficient (Wildman–Crippen LogP) is 3.84.